The highest BCUT2D eigenvalue weighted by atomic mass is 32.2. The number of nitrogens with zero attached hydrogens (tertiary/aromatic N) is 2. The third kappa shape index (κ3) is 6.17. The molecule has 0 saturated heterocycles. The highest BCUT2D eigenvalue weighted by Crippen LogP contribution is 2.01. The molecule has 0 atom stereocenters. The molecule has 0 aliphatic heterocycles. The van der Waals surface area contributed by atoms with Gasteiger partial charge in [0, 0.05) is 32.1 Å². The van der Waals surface area contributed by atoms with E-state index in [1.165, 1.54) is 0 Å². The summed E-state index contributed by atoms with van der Waals surface area (Å²) in [5, 5.41) is 7.38. The van der Waals surface area contributed by atoms with Crippen LogP contribution >= 0.6 is 0 Å². The van der Waals surface area contributed by atoms with E-state index in [0.717, 1.165) is 12.2 Å². The summed E-state index contributed by atoms with van der Waals surface area (Å²) in [6.45, 7) is 4.36. The summed E-state index contributed by atoms with van der Waals surface area (Å²) in [4.78, 5) is 0. The molecule has 0 spiro atoms. The van der Waals surface area contributed by atoms with E-state index in [2.05, 4.69) is 10.4 Å². The number of nitrogens with one attached hydrogen (secondary N) is 1. The first-order chi connectivity index (χ1) is 9.09. The van der Waals surface area contributed by atoms with Gasteiger partial charge in [0.2, 0.25) is 0 Å². The molecule has 0 aliphatic rings. The normalized spacial score (nSPS) is 11.9. The first-order valence-corrected chi connectivity index (χ1v) is 8.32. The van der Waals surface area contributed by atoms with Crippen LogP contribution in [0.1, 0.15) is 19.0 Å². The van der Waals surface area contributed by atoms with Crippen LogP contribution in [0.4, 0.5) is 0 Å². The van der Waals surface area contributed by atoms with Gasteiger partial charge in [-0.3, -0.25) is 4.68 Å². The first-order valence-electron chi connectivity index (χ1n) is 6.50. The lowest BCUT2D eigenvalue weighted by atomic mass is 10.4. The van der Waals surface area contributed by atoms with Crippen molar-refractivity contribution >= 4 is 9.84 Å². The van der Waals surface area contributed by atoms with Crippen LogP contribution < -0.4 is 5.32 Å². The van der Waals surface area contributed by atoms with Gasteiger partial charge in [0.25, 0.3) is 0 Å². The highest BCUT2D eigenvalue weighted by molar-refractivity contribution is 7.91. The van der Waals surface area contributed by atoms with Crippen LogP contribution in [-0.2, 0) is 27.7 Å². The molecule has 0 unspecified atom stereocenters. The van der Waals surface area contributed by atoms with Gasteiger partial charge in [0.1, 0.15) is 0 Å². The molecule has 1 rings (SSSR count). The first kappa shape index (κ1) is 16.1. The summed E-state index contributed by atoms with van der Waals surface area (Å²) in [6, 6.07) is 1.90. The Morgan fingerprint density at radius 1 is 1.42 bits per heavy atom. The number of aryl methyl sites for hydroxylation is 1. The largest absolute Gasteiger partial charge is 0.383 e. The zero-order valence-corrected chi connectivity index (χ0v) is 12.4. The van der Waals surface area contributed by atoms with Crippen molar-refractivity contribution in [3.8, 4) is 0 Å². The van der Waals surface area contributed by atoms with Gasteiger partial charge in [0.15, 0.2) is 9.84 Å². The minimum absolute atomic E-state index is 0.146. The Hall–Kier alpha value is -0.920. The molecule has 7 heteroatoms. The smallest absolute Gasteiger partial charge is 0.152 e. The number of aromatic nitrogens is 2. The molecular formula is C12H23N3O3S. The van der Waals surface area contributed by atoms with Gasteiger partial charge in [0.05, 0.1) is 24.6 Å². The molecule has 0 saturated carbocycles. The summed E-state index contributed by atoms with van der Waals surface area (Å²) in [6.07, 6.45) is 2.35. The van der Waals surface area contributed by atoms with E-state index in [9.17, 15) is 8.42 Å². The average molecular weight is 289 g/mol. The Labute approximate surface area is 115 Å². The predicted octanol–water partition coefficient (Wildman–Crippen LogP) is 0.444. The van der Waals surface area contributed by atoms with Crippen LogP contribution in [0.25, 0.3) is 0 Å². The minimum atomic E-state index is -2.95. The Balaban J connectivity index is 2.44. The summed E-state index contributed by atoms with van der Waals surface area (Å²) < 4.78 is 30.0. The SMILES string of the molecule is CCCS(=O)(=O)CCn1nccc1CNCCOC. The molecular weight excluding hydrogens is 266 g/mol. The van der Waals surface area contributed by atoms with Crippen LogP contribution in [0.5, 0.6) is 0 Å². The second kappa shape index (κ2) is 8.29. The van der Waals surface area contributed by atoms with Gasteiger partial charge >= 0.3 is 0 Å². The fraction of sp³-hybridized carbons (Fsp3) is 0.750. The maximum Gasteiger partial charge on any atom is 0.152 e. The summed E-state index contributed by atoms with van der Waals surface area (Å²) in [5.41, 5.74) is 0.989. The molecule has 0 fully saturated rings. The molecule has 1 aromatic heterocycles. The van der Waals surface area contributed by atoms with Crippen molar-refractivity contribution in [2.45, 2.75) is 26.4 Å². The van der Waals surface area contributed by atoms with E-state index in [0.29, 0.717) is 26.1 Å². The third-order valence-corrected chi connectivity index (χ3v) is 4.56. The fourth-order valence-electron chi connectivity index (χ4n) is 1.74. The second-order valence-electron chi connectivity index (χ2n) is 4.37. The van der Waals surface area contributed by atoms with Gasteiger partial charge in [-0.25, -0.2) is 8.42 Å². The number of methoxy groups -OCH3 is 1. The van der Waals surface area contributed by atoms with E-state index in [-0.39, 0.29) is 11.5 Å². The third-order valence-electron chi connectivity index (χ3n) is 2.72. The lowest BCUT2D eigenvalue weighted by Gasteiger charge is -2.09. The van der Waals surface area contributed by atoms with Gasteiger partial charge in [-0.15, -0.1) is 0 Å². The Kier molecular flexibility index (Phi) is 7.04. The van der Waals surface area contributed by atoms with Crippen LogP contribution in [-0.4, -0.2) is 50.0 Å². The Morgan fingerprint density at radius 2 is 2.21 bits per heavy atom. The molecule has 0 radical (unpaired) electrons. The molecule has 1 aromatic rings. The van der Waals surface area contributed by atoms with Crippen molar-refractivity contribution in [2.24, 2.45) is 0 Å². The van der Waals surface area contributed by atoms with Gasteiger partial charge < -0.3 is 10.1 Å². The molecule has 110 valence electrons. The summed E-state index contributed by atoms with van der Waals surface area (Å²) in [7, 11) is -1.30. The second-order valence-corrected chi connectivity index (χ2v) is 6.67. The minimum Gasteiger partial charge on any atom is -0.383 e. The number of rotatable bonds is 10. The van der Waals surface area contributed by atoms with Crippen molar-refractivity contribution < 1.29 is 13.2 Å². The van der Waals surface area contributed by atoms with Crippen molar-refractivity contribution in [1.29, 1.82) is 0 Å². The van der Waals surface area contributed by atoms with Crippen LogP contribution in [0.3, 0.4) is 0 Å². The number of ether oxygens (including phenoxy) is 1. The maximum absolute atomic E-state index is 11.7. The molecule has 1 heterocycles. The molecule has 6 nitrogen and oxygen atoms in total. The molecule has 0 aromatic carbocycles. The highest BCUT2D eigenvalue weighted by Gasteiger charge is 2.11. The Morgan fingerprint density at radius 3 is 2.89 bits per heavy atom. The number of hydrogen-bond acceptors (Lipinski definition) is 5. The molecule has 1 N–H and O–H groups in total. The quantitative estimate of drug-likeness (QED) is 0.633. The Bertz CT molecular complexity index is 457. The van der Waals surface area contributed by atoms with E-state index in [1.54, 1.807) is 18.0 Å². The molecule has 0 amide bonds. The van der Waals surface area contributed by atoms with E-state index < -0.39 is 9.84 Å². The van der Waals surface area contributed by atoms with Gasteiger partial charge in [-0.1, -0.05) is 6.92 Å². The van der Waals surface area contributed by atoms with Gasteiger partial charge in [-0.2, -0.15) is 5.10 Å². The summed E-state index contributed by atoms with van der Waals surface area (Å²) in [5.74, 6) is 0.392. The number of hydrogen-bond donors (Lipinski definition) is 1. The fourth-order valence-corrected chi connectivity index (χ4v) is 3.02. The van der Waals surface area contributed by atoms with Crippen LogP contribution in [0, 0.1) is 0 Å². The van der Waals surface area contributed by atoms with E-state index in [4.69, 9.17) is 4.74 Å². The zero-order chi connectivity index (χ0) is 14.1. The lowest BCUT2D eigenvalue weighted by molar-refractivity contribution is 0.199. The van der Waals surface area contributed by atoms with Crippen molar-refractivity contribution in [3.05, 3.63) is 18.0 Å². The predicted molar refractivity (Wildman–Crippen MR) is 74.8 cm³/mol. The molecule has 0 aliphatic carbocycles. The van der Waals surface area contributed by atoms with E-state index >= 15 is 0 Å². The molecule has 19 heavy (non-hydrogen) atoms. The van der Waals surface area contributed by atoms with Crippen molar-refractivity contribution in [3.63, 3.8) is 0 Å². The van der Waals surface area contributed by atoms with Crippen LogP contribution in [0.2, 0.25) is 0 Å². The van der Waals surface area contributed by atoms with Crippen molar-refractivity contribution in [2.75, 3.05) is 31.8 Å². The zero-order valence-electron chi connectivity index (χ0n) is 11.6. The number of sulfone groups is 1. The average Bonchev–Trinajstić information content (AvgIpc) is 2.80. The topological polar surface area (TPSA) is 73.2 Å². The lowest BCUT2D eigenvalue weighted by Crippen LogP contribution is -2.22. The van der Waals surface area contributed by atoms with Gasteiger partial charge in [-0.05, 0) is 12.5 Å². The maximum atomic E-state index is 11.7. The summed E-state index contributed by atoms with van der Waals surface area (Å²) >= 11 is 0. The van der Waals surface area contributed by atoms with Crippen molar-refractivity contribution in [1.82, 2.24) is 15.1 Å². The van der Waals surface area contributed by atoms with E-state index in [1.807, 2.05) is 13.0 Å². The molecule has 0 bridgehead atoms. The standard InChI is InChI=1S/C12H23N3O3S/c1-3-9-19(16,17)10-7-15-12(4-5-14-15)11-13-6-8-18-2/h4-5,13H,3,6-11H2,1-2H3. The van der Waals surface area contributed by atoms with Crippen LogP contribution in [0.15, 0.2) is 12.3 Å². The monoisotopic (exact) mass is 289 g/mol.